The zero-order chi connectivity index (χ0) is 20.2. The lowest BCUT2D eigenvalue weighted by Gasteiger charge is -2.09. The van der Waals surface area contributed by atoms with Crippen molar-refractivity contribution in [3.8, 4) is 28.1 Å². The van der Waals surface area contributed by atoms with Gasteiger partial charge in [-0.25, -0.2) is 0 Å². The molecule has 0 amide bonds. The van der Waals surface area contributed by atoms with Crippen molar-refractivity contribution in [2.75, 3.05) is 6.61 Å². The van der Waals surface area contributed by atoms with Crippen LogP contribution in [0.4, 0.5) is 0 Å². The number of ether oxygens (including phenoxy) is 1. The number of rotatable bonds is 12. The molecule has 2 heteroatoms. The van der Waals surface area contributed by atoms with Gasteiger partial charge in [0.25, 0.3) is 0 Å². The van der Waals surface area contributed by atoms with Crippen molar-refractivity contribution in [2.24, 2.45) is 0 Å². The number of nitrogens with zero attached hydrogens (tertiary/aromatic N) is 1. The Morgan fingerprint density at radius 2 is 1.34 bits per heavy atom. The molecule has 2 aromatic carbocycles. The third kappa shape index (κ3) is 7.05. The summed E-state index contributed by atoms with van der Waals surface area (Å²) in [5.41, 5.74) is 4.49. The molecule has 0 saturated carbocycles. The number of pyridine rings is 1. The molecule has 1 aromatic heterocycles. The average Bonchev–Trinajstić information content (AvgIpc) is 2.79. The van der Waals surface area contributed by atoms with Gasteiger partial charge in [0.1, 0.15) is 5.75 Å². The highest BCUT2D eigenvalue weighted by Crippen LogP contribution is 2.27. The molecular formula is C27H33NO. The summed E-state index contributed by atoms with van der Waals surface area (Å²) in [5.74, 6) is 0.952. The van der Waals surface area contributed by atoms with Crippen LogP contribution in [0.5, 0.6) is 5.75 Å². The van der Waals surface area contributed by atoms with E-state index in [1.807, 2.05) is 24.4 Å². The van der Waals surface area contributed by atoms with Gasteiger partial charge in [-0.3, -0.25) is 4.98 Å². The Balaban J connectivity index is 1.50. The third-order valence-electron chi connectivity index (χ3n) is 5.26. The normalized spacial score (nSPS) is 10.8. The van der Waals surface area contributed by atoms with Crippen LogP contribution in [0.25, 0.3) is 22.4 Å². The number of benzene rings is 2. The minimum Gasteiger partial charge on any atom is -0.494 e. The highest BCUT2D eigenvalue weighted by atomic mass is 16.5. The summed E-state index contributed by atoms with van der Waals surface area (Å²) in [4.78, 5) is 4.46. The molecule has 0 atom stereocenters. The van der Waals surface area contributed by atoms with Crippen molar-refractivity contribution in [2.45, 2.75) is 58.3 Å². The summed E-state index contributed by atoms with van der Waals surface area (Å²) in [6.45, 7) is 3.07. The lowest BCUT2D eigenvalue weighted by Crippen LogP contribution is -1.97. The molecule has 0 aliphatic rings. The molecule has 3 aromatic rings. The van der Waals surface area contributed by atoms with Crippen molar-refractivity contribution in [3.63, 3.8) is 0 Å². The van der Waals surface area contributed by atoms with Gasteiger partial charge in [-0.15, -0.1) is 0 Å². The van der Waals surface area contributed by atoms with Gasteiger partial charge in [0.05, 0.1) is 12.3 Å². The van der Waals surface area contributed by atoms with Gasteiger partial charge in [-0.2, -0.15) is 0 Å². The molecule has 0 aliphatic carbocycles. The van der Waals surface area contributed by atoms with Crippen LogP contribution in [-0.4, -0.2) is 11.6 Å². The monoisotopic (exact) mass is 387 g/mol. The van der Waals surface area contributed by atoms with Crippen molar-refractivity contribution < 1.29 is 4.74 Å². The van der Waals surface area contributed by atoms with Gasteiger partial charge in [0.15, 0.2) is 0 Å². The Labute approximate surface area is 176 Å². The maximum atomic E-state index is 6.02. The molecule has 0 spiro atoms. The quantitative estimate of drug-likeness (QED) is 0.294. The molecule has 152 valence electrons. The summed E-state index contributed by atoms with van der Waals surface area (Å²) in [7, 11) is 0. The summed E-state index contributed by atoms with van der Waals surface area (Å²) in [6.07, 6.45) is 12.4. The Kier molecular flexibility index (Phi) is 8.78. The Hall–Kier alpha value is -2.61. The van der Waals surface area contributed by atoms with Crippen LogP contribution in [0.2, 0.25) is 0 Å². The summed E-state index contributed by atoms with van der Waals surface area (Å²) >= 11 is 0. The van der Waals surface area contributed by atoms with Crippen LogP contribution in [0, 0.1) is 0 Å². The van der Waals surface area contributed by atoms with E-state index in [9.17, 15) is 0 Å². The standard InChI is InChI=1S/C27H33NO/c1-2-3-4-5-6-7-8-11-20-29-26-17-13-15-24(22-26)23-14-12-16-25(21-23)27-18-9-10-19-28-27/h9-10,12-19,21-22H,2-8,11,20H2,1H3. The number of hydrogen-bond donors (Lipinski definition) is 0. The second-order valence-electron chi connectivity index (χ2n) is 7.65. The largest absolute Gasteiger partial charge is 0.494 e. The van der Waals surface area contributed by atoms with Gasteiger partial charge >= 0.3 is 0 Å². The SMILES string of the molecule is CCCCCCCCCCOc1cccc(-c2cccc(-c3ccccn3)c2)c1. The molecule has 0 N–H and O–H groups in total. The first kappa shape index (κ1) is 21.1. The van der Waals surface area contributed by atoms with E-state index in [1.165, 1.54) is 56.1 Å². The number of unbranched alkanes of at least 4 members (excludes halogenated alkanes) is 7. The van der Waals surface area contributed by atoms with Crippen molar-refractivity contribution in [1.29, 1.82) is 0 Å². The molecule has 2 nitrogen and oxygen atoms in total. The fraction of sp³-hybridized carbons (Fsp3) is 0.370. The maximum absolute atomic E-state index is 6.02. The fourth-order valence-corrected chi connectivity index (χ4v) is 3.58. The first-order chi connectivity index (χ1) is 14.4. The highest BCUT2D eigenvalue weighted by molar-refractivity contribution is 5.72. The molecule has 0 radical (unpaired) electrons. The Morgan fingerprint density at radius 1 is 0.655 bits per heavy atom. The molecule has 29 heavy (non-hydrogen) atoms. The predicted molar refractivity (Wildman–Crippen MR) is 123 cm³/mol. The van der Waals surface area contributed by atoms with E-state index in [4.69, 9.17) is 4.74 Å². The van der Waals surface area contributed by atoms with Crippen molar-refractivity contribution >= 4 is 0 Å². The van der Waals surface area contributed by atoms with Crippen LogP contribution >= 0.6 is 0 Å². The maximum Gasteiger partial charge on any atom is 0.119 e. The molecule has 0 saturated heterocycles. The molecule has 3 rings (SSSR count). The molecule has 0 unspecified atom stereocenters. The van der Waals surface area contributed by atoms with E-state index in [0.717, 1.165) is 30.0 Å². The average molecular weight is 388 g/mol. The van der Waals surface area contributed by atoms with Crippen LogP contribution in [0.3, 0.4) is 0 Å². The van der Waals surface area contributed by atoms with Gasteiger partial charge in [-0.05, 0) is 47.9 Å². The van der Waals surface area contributed by atoms with E-state index in [-0.39, 0.29) is 0 Å². The predicted octanol–water partition coefficient (Wildman–Crippen LogP) is 7.94. The van der Waals surface area contributed by atoms with Gasteiger partial charge in [0, 0.05) is 11.8 Å². The van der Waals surface area contributed by atoms with E-state index in [2.05, 4.69) is 60.4 Å². The minimum absolute atomic E-state index is 0.798. The summed E-state index contributed by atoms with van der Waals surface area (Å²) in [6, 6.07) is 23.0. The Bertz CT molecular complexity index is 844. The molecule has 0 fully saturated rings. The molecular weight excluding hydrogens is 354 g/mol. The number of aromatic nitrogens is 1. The summed E-state index contributed by atoms with van der Waals surface area (Å²) in [5, 5.41) is 0. The fourth-order valence-electron chi connectivity index (χ4n) is 3.58. The van der Waals surface area contributed by atoms with Crippen LogP contribution in [-0.2, 0) is 0 Å². The lowest BCUT2D eigenvalue weighted by molar-refractivity contribution is 0.304. The van der Waals surface area contributed by atoms with E-state index in [0.29, 0.717) is 0 Å². The third-order valence-corrected chi connectivity index (χ3v) is 5.26. The topological polar surface area (TPSA) is 22.1 Å². The zero-order valence-electron chi connectivity index (χ0n) is 17.6. The molecule has 1 heterocycles. The van der Waals surface area contributed by atoms with Gasteiger partial charge in [0.2, 0.25) is 0 Å². The van der Waals surface area contributed by atoms with Gasteiger partial charge in [-0.1, -0.05) is 88.3 Å². The second kappa shape index (κ2) is 12.1. The molecule has 0 bridgehead atoms. The second-order valence-corrected chi connectivity index (χ2v) is 7.65. The van der Waals surface area contributed by atoms with Gasteiger partial charge < -0.3 is 4.74 Å². The van der Waals surface area contributed by atoms with Crippen LogP contribution in [0.1, 0.15) is 58.3 Å². The van der Waals surface area contributed by atoms with E-state index >= 15 is 0 Å². The Morgan fingerprint density at radius 3 is 2.10 bits per heavy atom. The molecule has 0 aliphatic heterocycles. The highest BCUT2D eigenvalue weighted by Gasteiger charge is 2.04. The van der Waals surface area contributed by atoms with Crippen LogP contribution in [0.15, 0.2) is 72.9 Å². The minimum atomic E-state index is 0.798. The zero-order valence-corrected chi connectivity index (χ0v) is 17.6. The summed E-state index contributed by atoms with van der Waals surface area (Å²) < 4.78 is 6.02. The lowest BCUT2D eigenvalue weighted by atomic mass is 10.0. The van der Waals surface area contributed by atoms with Crippen molar-refractivity contribution in [3.05, 3.63) is 72.9 Å². The first-order valence-corrected chi connectivity index (χ1v) is 11.1. The van der Waals surface area contributed by atoms with E-state index < -0.39 is 0 Å². The first-order valence-electron chi connectivity index (χ1n) is 11.1. The number of hydrogen-bond acceptors (Lipinski definition) is 2. The smallest absolute Gasteiger partial charge is 0.119 e. The van der Waals surface area contributed by atoms with E-state index in [1.54, 1.807) is 0 Å². The van der Waals surface area contributed by atoms with Crippen molar-refractivity contribution in [1.82, 2.24) is 4.98 Å². The van der Waals surface area contributed by atoms with Crippen LogP contribution < -0.4 is 4.74 Å².